The van der Waals surface area contributed by atoms with E-state index in [1.165, 1.54) is 0 Å². The quantitative estimate of drug-likeness (QED) is 0.154. The summed E-state index contributed by atoms with van der Waals surface area (Å²) in [6.45, 7) is -1.34. The summed E-state index contributed by atoms with van der Waals surface area (Å²) in [5.41, 5.74) is 1.47. The summed E-state index contributed by atoms with van der Waals surface area (Å²) in [5.74, 6) is -1.39. The fraction of sp³-hybridized carbons (Fsp3) is 0.273. The molecule has 33 heavy (non-hydrogen) atoms. The van der Waals surface area contributed by atoms with Crippen LogP contribution >= 0.6 is 0 Å². The number of nitrogens with zero attached hydrogens (tertiary/aromatic N) is 2. The third-order valence-corrected chi connectivity index (χ3v) is 5.23. The van der Waals surface area contributed by atoms with E-state index in [0.717, 1.165) is 11.1 Å². The van der Waals surface area contributed by atoms with E-state index < -0.39 is 54.8 Å². The van der Waals surface area contributed by atoms with Crippen LogP contribution in [0.4, 0.5) is 4.79 Å². The second-order valence-electron chi connectivity index (χ2n) is 7.33. The van der Waals surface area contributed by atoms with Crippen LogP contribution < -0.4 is 10.7 Å². The van der Waals surface area contributed by atoms with Crippen LogP contribution in [0, 0.1) is 0 Å². The molecule has 0 unspecified atom stereocenters. The molecule has 11 heteroatoms. The number of nitrogens with one attached hydrogen (secondary N) is 2. The first-order valence-electron chi connectivity index (χ1n) is 10.0. The normalized spacial score (nSPS) is 18.1. The highest BCUT2D eigenvalue weighted by Crippen LogP contribution is 2.39. The number of hydrogen-bond acceptors (Lipinski definition) is 8. The zero-order valence-electron chi connectivity index (χ0n) is 17.4. The van der Waals surface area contributed by atoms with E-state index in [2.05, 4.69) is 15.8 Å². The maximum Gasteiger partial charge on any atom is 0.326 e. The molecule has 4 amide bonds. The number of hydrazone groups is 1. The zero-order valence-corrected chi connectivity index (χ0v) is 17.4. The minimum atomic E-state index is -1.72. The van der Waals surface area contributed by atoms with Crippen molar-refractivity contribution in [3.05, 3.63) is 71.8 Å². The molecule has 3 rings (SSSR count). The standard InChI is InChI=1S/C22H24N4O7/c27-13-17(29)19(31)16(28)11-23-25-18(30)12-26-21(33)24-20(32)22(26,14-7-3-1-4-8-14)15-9-5-2-6-10-15/h1-11,16-17,19,27-29,31H,12-13H2,(H,25,30)(H,24,32,33)/b23-11+/t16-,17+,19+/m0/s1. The van der Waals surface area contributed by atoms with Gasteiger partial charge in [0.2, 0.25) is 0 Å². The molecular formula is C22H24N4O7. The Kier molecular flexibility index (Phi) is 7.51. The number of carbonyl (C=O) groups is 3. The molecule has 6 N–H and O–H groups in total. The van der Waals surface area contributed by atoms with E-state index in [4.69, 9.17) is 5.11 Å². The molecular weight excluding hydrogens is 432 g/mol. The van der Waals surface area contributed by atoms with Crippen molar-refractivity contribution < 1.29 is 34.8 Å². The van der Waals surface area contributed by atoms with Crippen molar-refractivity contribution in [1.82, 2.24) is 15.6 Å². The first-order chi connectivity index (χ1) is 15.8. The lowest BCUT2D eigenvalue weighted by atomic mass is 9.81. The van der Waals surface area contributed by atoms with Crippen LogP contribution in [-0.2, 0) is 15.1 Å². The third-order valence-electron chi connectivity index (χ3n) is 5.23. The summed E-state index contributed by atoms with van der Waals surface area (Å²) in [5, 5.41) is 43.3. The molecule has 0 spiro atoms. The average Bonchev–Trinajstić information content (AvgIpc) is 3.08. The summed E-state index contributed by atoms with van der Waals surface area (Å²) in [7, 11) is 0. The molecule has 1 saturated heterocycles. The van der Waals surface area contributed by atoms with E-state index >= 15 is 0 Å². The van der Waals surface area contributed by atoms with Gasteiger partial charge >= 0.3 is 6.03 Å². The Bertz CT molecular complexity index is 976. The number of hydrogen-bond donors (Lipinski definition) is 6. The number of imide groups is 1. The molecule has 0 aliphatic carbocycles. The Morgan fingerprint density at radius 3 is 2.09 bits per heavy atom. The van der Waals surface area contributed by atoms with Gasteiger partial charge in [-0.15, -0.1) is 0 Å². The van der Waals surface area contributed by atoms with Gasteiger partial charge in [-0.05, 0) is 11.1 Å². The van der Waals surface area contributed by atoms with Crippen molar-refractivity contribution in [3.8, 4) is 0 Å². The van der Waals surface area contributed by atoms with Crippen LogP contribution in [-0.4, -0.2) is 80.8 Å². The molecule has 1 aliphatic heterocycles. The van der Waals surface area contributed by atoms with Crippen molar-refractivity contribution in [3.63, 3.8) is 0 Å². The van der Waals surface area contributed by atoms with E-state index in [-0.39, 0.29) is 0 Å². The lowest BCUT2D eigenvalue weighted by Gasteiger charge is -2.35. The molecule has 1 fully saturated rings. The Morgan fingerprint density at radius 1 is 1.03 bits per heavy atom. The largest absolute Gasteiger partial charge is 0.394 e. The molecule has 3 atom stereocenters. The SMILES string of the molecule is O=C(CN1C(=O)NC(=O)C1(c1ccccc1)c1ccccc1)N/N=C/[C@H](O)[C@@H](O)[C@H](O)CO. The second kappa shape index (κ2) is 10.3. The maximum atomic E-state index is 13.1. The molecule has 0 saturated carbocycles. The predicted octanol–water partition coefficient (Wildman–Crippen LogP) is -1.34. The molecule has 174 valence electrons. The van der Waals surface area contributed by atoms with Gasteiger partial charge in [0.1, 0.15) is 24.9 Å². The molecule has 1 heterocycles. The lowest BCUT2D eigenvalue weighted by Crippen LogP contribution is -2.51. The number of aliphatic hydroxyl groups is 4. The summed E-state index contributed by atoms with van der Waals surface area (Å²) < 4.78 is 0. The van der Waals surface area contributed by atoms with Crippen LogP contribution in [0.3, 0.4) is 0 Å². The van der Waals surface area contributed by atoms with E-state index in [9.17, 15) is 29.7 Å². The van der Waals surface area contributed by atoms with Gasteiger partial charge in [0.15, 0.2) is 5.54 Å². The van der Waals surface area contributed by atoms with Crippen LogP contribution in [0.5, 0.6) is 0 Å². The van der Waals surface area contributed by atoms with Crippen molar-refractivity contribution in [2.75, 3.05) is 13.2 Å². The highest BCUT2D eigenvalue weighted by molar-refractivity contribution is 6.10. The van der Waals surface area contributed by atoms with Gasteiger partial charge in [-0.3, -0.25) is 19.8 Å². The van der Waals surface area contributed by atoms with Gasteiger partial charge in [0.25, 0.3) is 11.8 Å². The highest BCUT2D eigenvalue weighted by atomic mass is 16.4. The van der Waals surface area contributed by atoms with Gasteiger partial charge in [0, 0.05) is 0 Å². The maximum absolute atomic E-state index is 13.1. The van der Waals surface area contributed by atoms with E-state index in [1.807, 2.05) is 0 Å². The zero-order chi connectivity index (χ0) is 24.0. The number of amides is 4. The fourth-order valence-corrected chi connectivity index (χ4v) is 3.61. The van der Waals surface area contributed by atoms with E-state index in [1.54, 1.807) is 60.7 Å². The van der Waals surface area contributed by atoms with Gasteiger partial charge in [-0.25, -0.2) is 10.2 Å². The number of aliphatic hydroxyl groups excluding tert-OH is 4. The average molecular weight is 456 g/mol. The fourth-order valence-electron chi connectivity index (χ4n) is 3.61. The summed E-state index contributed by atoms with van der Waals surface area (Å²) in [4.78, 5) is 39.5. The van der Waals surface area contributed by atoms with Crippen molar-refractivity contribution in [2.45, 2.75) is 23.9 Å². The van der Waals surface area contributed by atoms with Crippen molar-refractivity contribution in [2.24, 2.45) is 5.10 Å². The Morgan fingerprint density at radius 2 is 1.58 bits per heavy atom. The predicted molar refractivity (Wildman–Crippen MR) is 116 cm³/mol. The van der Waals surface area contributed by atoms with Gasteiger partial charge in [-0.1, -0.05) is 60.7 Å². The summed E-state index contributed by atoms with van der Waals surface area (Å²) >= 11 is 0. The monoisotopic (exact) mass is 456 g/mol. The molecule has 2 aromatic carbocycles. The molecule has 0 radical (unpaired) electrons. The van der Waals surface area contributed by atoms with Gasteiger partial charge < -0.3 is 20.4 Å². The van der Waals surface area contributed by atoms with Crippen molar-refractivity contribution in [1.29, 1.82) is 0 Å². The Labute approximate surface area is 189 Å². The minimum absolute atomic E-state index is 0.479. The first kappa shape index (κ1) is 24.0. The second-order valence-corrected chi connectivity index (χ2v) is 7.33. The van der Waals surface area contributed by atoms with Gasteiger partial charge in [0.05, 0.1) is 12.8 Å². The third kappa shape index (κ3) is 4.76. The van der Waals surface area contributed by atoms with Crippen LogP contribution in [0.25, 0.3) is 0 Å². The van der Waals surface area contributed by atoms with Crippen LogP contribution in [0.1, 0.15) is 11.1 Å². The molecule has 1 aliphatic rings. The van der Waals surface area contributed by atoms with Gasteiger partial charge in [-0.2, -0.15) is 5.10 Å². The number of carbonyl (C=O) groups excluding carboxylic acids is 3. The van der Waals surface area contributed by atoms with Crippen molar-refractivity contribution >= 4 is 24.1 Å². The van der Waals surface area contributed by atoms with E-state index in [0.29, 0.717) is 11.1 Å². The lowest BCUT2D eigenvalue weighted by molar-refractivity contribution is -0.127. The molecule has 0 bridgehead atoms. The minimum Gasteiger partial charge on any atom is -0.394 e. The smallest absolute Gasteiger partial charge is 0.326 e. The number of benzene rings is 2. The highest BCUT2D eigenvalue weighted by Gasteiger charge is 2.55. The molecule has 0 aromatic heterocycles. The number of urea groups is 1. The van der Waals surface area contributed by atoms with Crippen LogP contribution in [0.15, 0.2) is 65.8 Å². The van der Waals surface area contributed by atoms with Crippen LogP contribution in [0.2, 0.25) is 0 Å². The molecule has 11 nitrogen and oxygen atoms in total. The summed E-state index contributed by atoms with van der Waals surface area (Å²) in [6.07, 6.45) is -4.23. The Balaban J connectivity index is 1.86. The number of rotatable bonds is 9. The summed E-state index contributed by atoms with van der Waals surface area (Å²) in [6, 6.07) is 16.3. The molecule has 2 aromatic rings. The first-order valence-corrected chi connectivity index (χ1v) is 10.0. The Hall–Kier alpha value is -3.64. The topological polar surface area (TPSA) is 172 Å².